The average molecular weight is 936 g/mol. The van der Waals surface area contributed by atoms with E-state index in [0.717, 1.165) is 64.2 Å². The van der Waals surface area contributed by atoms with E-state index in [4.69, 9.17) is 14.2 Å². The van der Waals surface area contributed by atoms with E-state index in [-0.39, 0.29) is 37.5 Å². The van der Waals surface area contributed by atoms with Gasteiger partial charge in [-0.2, -0.15) is 0 Å². The second kappa shape index (κ2) is 55.4. The number of hydrogen-bond donors (Lipinski definition) is 0. The molecule has 0 rings (SSSR count). The molecule has 1 atom stereocenters. The predicted molar refractivity (Wildman–Crippen MR) is 288 cm³/mol. The Hall–Kier alpha value is -3.15. The summed E-state index contributed by atoms with van der Waals surface area (Å²) in [7, 11) is 0. The van der Waals surface area contributed by atoms with Gasteiger partial charge in [-0.1, -0.05) is 248 Å². The van der Waals surface area contributed by atoms with E-state index < -0.39 is 6.10 Å². The molecule has 6 nitrogen and oxygen atoms in total. The van der Waals surface area contributed by atoms with Crippen LogP contribution in [0.15, 0.2) is 72.9 Å². The predicted octanol–water partition coefficient (Wildman–Crippen LogP) is 19.0. The molecule has 0 N–H and O–H groups in total. The second-order valence-electron chi connectivity index (χ2n) is 18.8. The Balaban J connectivity index is 4.48. The van der Waals surface area contributed by atoms with Crippen LogP contribution in [-0.4, -0.2) is 37.2 Å². The summed E-state index contributed by atoms with van der Waals surface area (Å²) in [5, 5.41) is 0. The molecule has 0 aromatic heterocycles. The highest BCUT2D eigenvalue weighted by Crippen LogP contribution is 2.15. The van der Waals surface area contributed by atoms with Gasteiger partial charge in [-0.05, 0) is 83.5 Å². The molecule has 67 heavy (non-hydrogen) atoms. The standard InChI is InChI=1S/C61H106O6/c1-4-7-10-13-16-19-22-25-27-29-30-32-33-36-39-42-45-48-51-54-60(63)66-57-58(56-65-59(62)53-50-47-44-41-38-35-24-21-18-15-12-9-6-3)67-61(64)55-52-49-46-43-40-37-34-31-28-26-23-20-17-14-11-8-5-2/h16,19,25-28,30,32,36,39,45,48,58H,4-15,17-18,20-24,29,31,33-35,37-38,40-44,46-47,49-57H2,1-3H3/b19-16-,27-25-,28-26-,32-30-,39-36-,48-45-/t58-/m0/s1. The van der Waals surface area contributed by atoms with Gasteiger partial charge in [-0.3, -0.25) is 14.4 Å². The number of unbranched alkanes of at least 4 members (excludes halogenated alkanes) is 28. The fourth-order valence-electron chi connectivity index (χ4n) is 7.89. The van der Waals surface area contributed by atoms with Gasteiger partial charge in [-0.15, -0.1) is 0 Å². The molecule has 386 valence electrons. The Morgan fingerprint density at radius 1 is 0.299 bits per heavy atom. The fourth-order valence-corrected chi connectivity index (χ4v) is 7.89. The lowest BCUT2D eigenvalue weighted by atomic mass is 10.0. The van der Waals surface area contributed by atoms with Gasteiger partial charge in [-0.25, -0.2) is 0 Å². The Labute approximate surface area is 414 Å². The van der Waals surface area contributed by atoms with E-state index in [0.29, 0.717) is 19.3 Å². The van der Waals surface area contributed by atoms with Gasteiger partial charge in [0.1, 0.15) is 13.2 Å². The zero-order chi connectivity index (χ0) is 48.6. The van der Waals surface area contributed by atoms with Crippen LogP contribution in [0.4, 0.5) is 0 Å². The van der Waals surface area contributed by atoms with Crippen LogP contribution in [-0.2, 0) is 28.6 Å². The Morgan fingerprint density at radius 2 is 0.567 bits per heavy atom. The van der Waals surface area contributed by atoms with E-state index in [9.17, 15) is 14.4 Å². The summed E-state index contributed by atoms with van der Waals surface area (Å²) in [6.07, 6.45) is 70.4. The fraction of sp³-hybridized carbons (Fsp3) is 0.754. The number of esters is 3. The highest BCUT2D eigenvalue weighted by atomic mass is 16.6. The Kier molecular flexibility index (Phi) is 52.8. The van der Waals surface area contributed by atoms with E-state index in [1.807, 2.05) is 6.08 Å². The number of hydrogen-bond acceptors (Lipinski definition) is 6. The largest absolute Gasteiger partial charge is 0.462 e. The van der Waals surface area contributed by atoms with Gasteiger partial charge in [0.2, 0.25) is 0 Å². The van der Waals surface area contributed by atoms with Crippen LogP contribution in [0.1, 0.15) is 278 Å². The maximum atomic E-state index is 12.8. The lowest BCUT2D eigenvalue weighted by Gasteiger charge is -2.18. The number of ether oxygens (including phenoxy) is 3. The van der Waals surface area contributed by atoms with Gasteiger partial charge < -0.3 is 14.2 Å². The van der Waals surface area contributed by atoms with Crippen molar-refractivity contribution in [3.63, 3.8) is 0 Å². The maximum Gasteiger partial charge on any atom is 0.306 e. The van der Waals surface area contributed by atoms with Crippen molar-refractivity contribution in [2.45, 2.75) is 284 Å². The summed E-state index contributed by atoms with van der Waals surface area (Å²) in [5.41, 5.74) is 0. The first-order valence-electron chi connectivity index (χ1n) is 28.4. The minimum Gasteiger partial charge on any atom is -0.462 e. The molecular formula is C61H106O6. The molecule has 6 heteroatoms. The molecule has 0 aromatic carbocycles. The summed E-state index contributed by atoms with van der Waals surface area (Å²) in [6, 6.07) is 0. The van der Waals surface area contributed by atoms with Crippen molar-refractivity contribution in [2.75, 3.05) is 13.2 Å². The van der Waals surface area contributed by atoms with E-state index in [2.05, 4.69) is 87.6 Å². The van der Waals surface area contributed by atoms with Gasteiger partial charge in [0.15, 0.2) is 6.10 Å². The third kappa shape index (κ3) is 53.7. The van der Waals surface area contributed by atoms with E-state index >= 15 is 0 Å². The van der Waals surface area contributed by atoms with Crippen molar-refractivity contribution in [2.24, 2.45) is 0 Å². The topological polar surface area (TPSA) is 78.9 Å². The third-order valence-electron chi connectivity index (χ3n) is 12.2. The molecule has 0 fully saturated rings. The van der Waals surface area contributed by atoms with Crippen molar-refractivity contribution in [3.8, 4) is 0 Å². The molecule has 0 aliphatic carbocycles. The van der Waals surface area contributed by atoms with Crippen molar-refractivity contribution in [1.29, 1.82) is 0 Å². The maximum absolute atomic E-state index is 12.8. The zero-order valence-corrected chi connectivity index (χ0v) is 44.2. The molecule has 0 amide bonds. The summed E-state index contributed by atoms with van der Waals surface area (Å²) in [5.74, 6) is -0.981. The van der Waals surface area contributed by atoms with Crippen LogP contribution in [0.3, 0.4) is 0 Å². The van der Waals surface area contributed by atoms with Gasteiger partial charge in [0.25, 0.3) is 0 Å². The van der Waals surface area contributed by atoms with Crippen molar-refractivity contribution < 1.29 is 28.6 Å². The van der Waals surface area contributed by atoms with Crippen molar-refractivity contribution in [3.05, 3.63) is 72.9 Å². The monoisotopic (exact) mass is 935 g/mol. The van der Waals surface area contributed by atoms with Gasteiger partial charge in [0.05, 0.1) is 0 Å². The Morgan fingerprint density at radius 3 is 0.970 bits per heavy atom. The molecule has 0 aromatic rings. The molecule has 0 spiro atoms. The molecule has 0 unspecified atom stereocenters. The highest BCUT2D eigenvalue weighted by molar-refractivity contribution is 5.71. The summed E-state index contributed by atoms with van der Waals surface area (Å²) < 4.78 is 16.8. The SMILES string of the molecule is CCCCC/C=C\C/C=C\C/C=C\C/C=C\C/C=C\CCC(=O)OC[C@H](COC(=O)CCCCCCCCCCCCCCC)OC(=O)CCCCCCCCC/C=C\CCCCCCCC. The Bertz CT molecular complexity index is 1260. The number of allylic oxidation sites excluding steroid dienone is 12. The van der Waals surface area contributed by atoms with Crippen LogP contribution in [0.2, 0.25) is 0 Å². The van der Waals surface area contributed by atoms with Crippen molar-refractivity contribution in [1.82, 2.24) is 0 Å². The molecule has 0 heterocycles. The first-order chi connectivity index (χ1) is 33.0. The lowest BCUT2D eigenvalue weighted by molar-refractivity contribution is -0.166. The van der Waals surface area contributed by atoms with Crippen LogP contribution in [0.5, 0.6) is 0 Å². The minimum absolute atomic E-state index is 0.0977. The quantitative estimate of drug-likeness (QED) is 0.0262. The van der Waals surface area contributed by atoms with Gasteiger partial charge in [0, 0.05) is 19.3 Å². The molecular weight excluding hydrogens is 829 g/mol. The highest BCUT2D eigenvalue weighted by Gasteiger charge is 2.19. The molecule has 0 radical (unpaired) electrons. The first-order valence-corrected chi connectivity index (χ1v) is 28.4. The van der Waals surface area contributed by atoms with E-state index in [1.54, 1.807) is 0 Å². The smallest absolute Gasteiger partial charge is 0.306 e. The number of rotatable bonds is 51. The molecule has 0 saturated heterocycles. The van der Waals surface area contributed by atoms with Crippen LogP contribution in [0, 0.1) is 0 Å². The summed E-state index contributed by atoms with van der Waals surface area (Å²) in [6.45, 7) is 6.56. The van der Waals surface area contributed by atoms with E-state index in [1.165, 1.54) is 167 Å². The minimum atomic E-state index is -0.806. The summed E-state index contributed by atoms with van der Waals surface area (Å²) >= 11 is 0. The molecule has 0 aliphatic rings. The number of carbonyl (C=O) groups excluding carboxylic acids is 3. The van der Waals surface area contributed by atoms with Gasteiger partial charge >= 0.3 is 17.9 Å². The summed E-state index contributed by atoms with van der Waals surface area (Å²) in [4.78, 5) is 38.1. The van der Waals surface area contributed by atoms with Crippen LogP contribution < -0.4 is 0 Å². The number of carbonyl (C=O) groups is 3. The molecule has 0 bridgehead atoms. The lowest BCUT2D eigenvalue weighted by Crippen LogP contribution is -2.30. The first kappa shape index (κ1) is 63.8. The van der Waals surface area contributed by atoms with Crippen LogP contribution in [0.25, 0.3) is 0 Å². The molecule has 0 aliphatic heterocycles. The van der Waals surface area contributed by atoms with Crippen molar-refractivity contribution >= 4 is 17.9 Å². The average Bonchev–Trinajstić information content (AvgIpc) is 3.33. The zero-order valence-electron chi connectivity index (χ0n) is 44.2. The van der Waals surface area contributed by atoms with Crippen LogP contribution >= 0.6 is 0 Å². The second-order valence-corrected chi connectivity index (χ2v) is 18.8. The molecule has 0 saturated carbocycles. The third-order valence-corrected chi connectivity index (χ3v) is 12.2. The normalized spacial score (nSPS) is 12.6.